The van der Waals surface area contributed by atoms with Gasteiger partial charge in [-0.15, -0.1) is 0 Å². The van der Waals surface area contributed by atoms with Gasteiger partial charge in [0.1, 0.15) is 5.56 Å². The van der Waals surface area contributed by atoms with E-state index in [1.807, 2.05) is 18.5 Å². The fourth-order valence-corrected chi connectivity index (χ4v) is 1.88. The van der Waals surface area contributed by atoms with Gasteiger partial charge in [0, 0.05) is 13.0 Å². The van der Waals surface area contributed by atoms with Gasteiger partial charge < -0.3 is 4.74 Å². The fraction of sp³-hybridized carbons (Fsp3) is 0.636. The molecule has 1 aliphatic heterocycles. The molecule has 0 aromatic carbocycles. The average molecular weight is 208 g/mol. The molecule has 0 N–H and O–H groups in total. The van der Waals surface area contributed by atoms with Crippen LogP contribution >= 0.6 is 0 Å². The highest BCUT2D eigenvalue weighted by Gasteiger charge is 2.25. The maximum Gasteiger partial charge on any atom is 0.223 e. The maximum absolute atomic E-state index is 11.6. The number of ketones is 1. The smallest absolute Gasteiger partial charge is 0.223 e. The lowest BCUT2D eigenvalue weighted by atomic mass is 10.0. The van der Waals surface area contributed by atoms with Crippen LogP contribution in [0.2, 0.25) is 0 Å². The van der Waals surface area contributed by atoms with Gasteiger partial charge in [0.15, 0.2) is 5.78 Å². The van der Waals surface area contributed by atoms with Crippen LogP contribution in [-0.2, 0) is 6.54 Å². The zero-order valence-electron chi connectivity index (χ0n) is 9.41. The number of aromatic nitrogens is 2. The van der Waals surface area contributed by atoms with Crippen LogP contribution in [0, 0.1) is 0 Å². The minimum absolute atomic E-state index is 0.0434. The highest BCUT2D eigenvalue weighted by atomic mass is 16.5. The van der Waals surface area contributed by atoms with Crippen molar-refractivity contribution in [2.45, 2.75) is 39.7 Å². The van der Waals surface area contributed by atoms with E-state index in [4.69, 9.17) is 4.74 Å². The number of nitrogens with zero attached hydrogens (tertiary/aromatic N) is 2. The second kappa shape index (κ2) is 3.68. The molecule has 1 aliphatic rings. The van der Waals surface area contributed by atoms with Crippen LogP contribution in [0.3, 0.4) is 0 Å². The second-order valence-electron chi connectivity index (χ2n) is 4.20. The molecule has 2 rings (SSSR count). The number of ether oxygens (including phenoxy) is 1. The molecular formula is C11H16N2O2. The zero-order chi connectivity index (χ0) is 11.0. The van der Waals surface area contributed by atoms with Gasteiger partial charge in [-0.3, -0.25) is 4.79 Å². The zero-order valence-corrected chi connectivity index (χ0v) is 9.41. The third-order valence-corrected chi connectivity index (χ3v) is 2.58. The van der Waals surface area contributed by atoms with E-state index in [0.29, 0.717) is 18.1 Å². The van der Waals surface area contributed by atoms with Gasteiger partial charge in [0.05, 0.1) is 12.3 Å². The predicted molar refractivity (Wildman–Crippen MR) is 56.4 cm³/mol. The minimum Gasteiger partial charge on any atom is -0.477 e. The molecule has 0 saturated carbocycles. The number of rotatable bonds is 2. The number of Topliss-reactive ketones (excluding diaryl/α,β-unsaturated/α-hetero) is 1. The molecule has 0 saturated heterocycles. The van der Waals surface area contributed by atoms with Crippen LogP contribution in [-0.4, -0.2) is 22.2 Å². The van der Waals surface area contributed by atoms with Crippen molar-refractivity contribution in [3.63, 3.8) is 0 Å². The summed E-state index contributed by atoms with van der Waals surface area (Å²) in [5.41, 5.74) is 1.53. The first-order valence-corrected chi connectivity index (χ1v) is 5.35. The molecule has 4 nitrogen and oxygen atoms in total. The van der Waals surface area contributed by atoms with Gasteiger partial charge in [-0.2, -0.15) is 5.10 Å². The standard InChI is InChI=1S/C11H16N2O2/c1-7(2)10-9(8(3)14)11-13(12-10)5-4-6-15-11/h7H,4-6H2,1-3H3. The Hall–Kier alpha value is -1.32. The quantitative estimate of drug-likeness (QED) is 0.698. The topological polar surface area (TPSA) is 44.1 Å². The molecule has 0 fully saturated rings. The average Bonchev–Trinajstić information content (AvgIpc) is 2.56. The Bertz CT molecular complexity index is 394. The van der Waals surface area contributed by atoms with Gasteiger partial charge in [0.25, 0.3) is 0 Å². The summed E-state index contributed by atoms with van der Waals surface area (Å²) in [6, 6.07) is 0. The first kappa shape index (κ1) is 10.2. The summed E-state index contributed by atoms with van der Waals surface area (Å²) in [5, 5.41) is 4.44. The van der Waals surface area contributed by atoms with Gasteiger partial charge in [-0.1, -0.05) is 13.8 Å². The molecule has 15 heavy (non-hydrogen) atoms. The molecule has 4 heteroatoms. The van der Waals surface area contributed by atoms with Crippen molar-refractivity contribution >= 4 is 5.78 Å². The Kier molecular flexibility index (Phi) is 2.50. The summed E-state index contributed by atoms with van der Waals surface area (Å²) in [6.45, 7) is 7.19. The molecule has 0 spiro atoms. The number of aryl methyl sites for hydroxylation is 1. The van der Waals surface area contributed by atoms with Gasteiger partial charge in [-0.25, -0.2) is 4.68 Å². The molecule has 0 amide bonds. The van der Waals surface area contributed by atoms with Crippen LogP contribution in [0.25, 0.3) is 0 Å². The fourth-order valence-electron chi connectivity index (χ4n) is 1.88. The molecule has 0 aliphatic carbocycles. The summed E-state index contributed by atoms with van der Waals surface area (Å²) >= 11 is 0. The Morgan fingerprint density at radius 2 is 2.27 bits per heavy atom. The minimum atomic E-state index is 0.0434. The van der Waals surface area contributed by atoms with Crippen molar-refractivity contribution < 1.29 is 9.53 Å². The molecule has 1 aromatic heterocycles. The van der Waals surface area contributed by atoms with E-state index < -0.39 is 0 Å². The first-order chi connectivity index (χ1) is 7.11. The summed E-state index contributed by atoms with van der Waals surface area (Å²) in [4.78, 5) is 11.6. The number of hydrogen-bond donors (Lipinski definition) is 0. The molecule has 1 aromatic rings. The highest BCUT2D eigenvalue weighted by Crippen LogP contribution is 2.30. The van der Waals surface area contributed by atoms with Gasteiger partial charge in [0.2, 0.25) is 5.88 Å². The van der Waals surface area contributed by atoms with Gasteiger partial charge in [-0.05, 0) is 12.8 Å². The largest absolute Gasteiger partial charge is 0.477 e. The number of carbonyl (C=O) groups is 1. The van der Waals surface area contributed by atoms with Crippen molar-refractivity contribution in [1.82, 2.24) is 9.78 Å². The summed E-state index contributed by atoms with van der Waals surface area (Å²) < 4.78 is 7.34. The van der Waals surface area contributed by atoms with Gasteiger partial charge >= 0.3 is 0 Å². The van der Waals surface area contributed by atoms with Crippen LogP contribution in [0.5, 0.6) is 5.88 Å². The van der Waals surface area contributed by atoms with E-state index in [9.17, 15) is 4.79 Å². The third kappa shape index (κ3) is 1.64. The Balaban J connectivity index is 2.56. The second-order valence-corrected chi connectivity index (χ2v) is 4.20. The number of carbonyl (C=O) groups excluding carboxylic acids is 1. The summed E-state index contributed by atoms with van der Waals surface area (Å²) in [7, 11) is 0. The lowest BCUT2D eigenvalue weighted by Gasteiger charge is -2.15. The van der Waals surface area contributed by atoms with Crippen molar-refractivity contribution in [2.75, 3.05) is 6.61 Å². The highest BCUT2D eigenvalue weighted by molar-refractivity contribution is 5.97. The SMILES string of the molecule is CC(=O)c1c(C(C)C)nn2c1OCCC2. The van der Waals surface area contributed by atoms with E-state index in [-0.39, 0.29) is 11.7 Å². The van der Waals surface area contributed by atoms with E-state index in [1.54, 1.807) is 6.92 Å². The Morgan fingerprint density at radius 3 is 2.87 bits per heavy atom. The lowest BCUT2D eigenvalue weighted by molar-refractivity contribution is 0.101. The van der Waals surface area contributed by atoms with Crippen molar-refractivity contribution in [3.8, 4) is 5.88 Å². The normalized spacial score (nSPS) is 14.9. The van der Waals surface area contributed by atoms with Crippen molar-refractivity contribution in [2.24, 2.45) is 0 Å². The molecule has 2 heterocycles. The maximum atomic E-state index is 11.6. The third-order valence-electron chi connectivity index (χ3n) is 2.58. The molecule has 82 valence electrons. The van der Waals surface area contributed by atoms with E-state index in [0.717, 1.165) is 18.7 Å². The molecule has 0 unspecified atom stereocenters. The molecule has 0 radical (unpaired) electrons. The molecular weight excluding hydrogens is 192 g/mol. The van der Waals surface area contributed by atoms with E-state index in [2.05, 4.69) is 5.10 Å². The van der Waals surface area contributed by atoms with E-state index >= 15 is 0 Å². The first-order valence-electron chi connectivity index (χ1n) is 5.35. The van der Waals surface area contributed by atoms with Crippen molar-refractivity contribution in [1.29, 1.82) is 0 Å². The Morgan fingerprint density at radius 1 is 1.53 bits per heavy atom. The van der Waals surface area contributed by atoms with Crippen LogP contribution < -0.4 is 4.74 Å². The Labute approximate surface area is 89.2 Å². The van der Waals surface area contributed by atoms with Crippen LogP contribution in [0.1, 0.15) is 49.2 Å². The van der Waals surface area contributed by atoms with Crippen LogP contribution in [0.15, 0.2) is 0 Å². The summed E-state index contributed by atoms with van der Waals surface area (Å²) in [6.07, 6.45) is 0.962. The summed E-state index contributed by atoms with van der Waals surface area (Å²) in [5.74, 6) is 0.963. The molecule has 0 bridgehead atoms. The van der Waals surface area contributed by atoms with E-state index in [1.165, 1.54) is 0 Å². The van der Waals surface area contributed by atoms with Crippen molar-refractivity contribution in [3.05, 3.63) is 11.3 Å². The monoisotopic (exact) mass is 208 g/mol. The predicted octanol–water partition coefficient (Wildman–Crippen LogP) is 1.99. The number of hydrogen-bond acceptors (Lipinski definition) is 3. The molecule has 0 atom stereocenters. The lowest BCUT2D eigenvalue weighted by Crippen LogP contribution is -2.15. The van der Waals surface area contributed by atoms with Crippen LogP contribution in [0.4, 0.5) is 0 Å². The number of fused-ring (bicyclic) bond motifs is 1.